The molecule has 1 amide bonds. The summed E-state index contributed by atoms with van der Waals surface area (Å²) in [6, 6.07) is 6.36. The van der Waals surface area contributed by atoms with Gasteiger partial charge in [-0.1, -0.05) is 32.9 Å². The van der Waals surface area contributed by atoms with Gasteiger partial charge in [0.15, 0.2) is 6.61 Å². The van der Waals surface area contributed by atoms with Gasteiger partial charge in [0, 0.05) is 6.04 Å². The Bertz CT molecular complexity index is 427. The molecule has 0 radical (unpaired) electrons. The minimum absolute atomic E-state index is 0.0660. The quantitative estimate of drug-likeness (QED) is 0.854. The van der Waals surface area contributed by atoms with Crippen molar-refractivity contribution in [1.82, 2.24) is 5.32 Å². The zero-order chi connectivity index (χ0) is 14.4. The summed E-state index contributed by atoms with van der Waals surface area (Å²) in [6.45, 7) is 10.4. The van der Waals surface area contributed by atoms with Crippen molar-refractivity contribution < 1.29 is 9.53 Å². The van der Waals surface area contributed by atoms with E-state index < -0.39 is 0 Å². The van der Waals surface area contributed by atoms with Crippen LogP contribution in [0.4, 0.5) is 0 Å². The Labute approximate surface area is 116 Å². The monoisotopic (exact) mass is 263 g/mol. The molecule has 1 aromatic carbocycles. The number of carbonyl (C=O) groups excluding carboxylic acids is 1. The normalized spacial score (nSPS) is 12.3. The third kappa shape index (κ3) is 4.93. The SMILES string of the molecule is CC[C@@H](C)NC(=O)COc1cc(C(C)C)ccc1C. The number of rotatable bonds is 6. The second kappa shape index (κ2) is 7.17. The van der Waals surface area contributed by atoms with Crippen LogP contribution in [0.2, 0.25) is 0 Å². The molecule has 1 rings (SSSR count). The topological polar surface area (TPSA) is 38.3 Å². The largest absolute Gasteiger partial charge is 0.483 e. The summed E-state index contributed by atoms with van der Waals surface area (Å²) in [5.74, 6) is 1.19. The molecular weight excluding hydrogens is 238 g/mol. The molecule has 0 spiro atoms. The number of benzene rings is 1. The Kier molecular flexibility index (Phi) is 5.87. The second-order valence-electron chi connectivity index (χ2n) is 5.35. The zero-order valence-corrected chi connectivity index (χ0v) is 12.6. The molecule has 0 saturated carbocycles. The predicted molar refractivity (Wildman–Crippen MR) is 78.7 cm³/mol. The van der Waals surface area contributed by atoms with Crippen molar-refractivity contribution in [3.8, 4) is 5.75 Å². The minimum atomic E-state index is -0.0660. The second-order valence-corrected chi connectivity index (χ2v) is 5.35. The fraction of sp³-hybridized carbons (Fsp3) is 0.562. The van der Waals surface area contributed by atoms with Gasteiger partial charge in [-0.2, -0.15) is 0 Å². The molecule has 19 heavy (non-hydrogen) atoms. The summed E-state index contributed by atoms with van der Waals surface area (Å²) in [6.07, 6.45) is 0.924. The van der Waals surface area contributed by atoms with Gasteiger partial charge in [-0.3, -0.25) is 4.79 Å². The summed E-state index contributed by atoms with van der Waals surface area (Å²) in [5.41, 5.74) is 2.28. The number of carbonyl (C=O) groups is 1. The van der Waals surface area contributed by atoms with E-state index in [1.165, 1.54) is 5.56 Å². The van der Waals surface area contributed by atoms with Gasteiger partial charge in [-0.15, -0.1) is 0 Å². The van der Waals surface area contributed by atoms with E-state index in [0.29, 0.717) is 5.92 Å². The Morgan fingerprint density at radius 2 is 2.00 bits per heavy atom. The Balaban J connectivity index is 2.62. The van der Waals surface area contributed by atoms with E-state index in [-0.39, 0.29) is 18.6 Å². The molecule has 0 aliphatic heterocycles. The molecule has 0 saturated heterocycles. The summed E-state index contributed by atoms with van der Waals surface area (Å²) in [5, 5.41) is 2.89. The van der Waals surface area contributed by atoms with E-state index in [2.05, 4.69) is 25.2 Å². The van der Waals surface area contributed by atoms with Gasteiger partial charge in [0.05, 0.1) is 0 Å². The van der Waals surface area contributed by atoms with Crippen molar-refractivity contribution in [3.05, 3.63) is 29.3 Å². The molecule has 0 aliphatic carbocycles. The molecule has 0 fully saturated rings. The maximum Gasteiger partial charge on any atom is 0.258 e. The standard InChI is InChI=1S/C16H25NO2/c1-6-13(5)17-16(18)10-19-15-9-14(11(2)3)8-7-12(15)4/h7-9,11,13H,6,10H2,1-5H3,(H,17,18)/t13-/m1/s1. The highest BCUT2D eigenvalue weighted by molar-refractivity contribution is 5.77. The first kappa shape index (κ1) is 15.5. The summed E-state index contributed by atoms with van der Waals surface area (Å²) in [7, 11) is 0. The highest BCUT2D eigenvalue weighted by Crippen LogP contribution is 2.24. The summed E-state index contributed by atoms with van der Waals surface area (Å²) in [4.78, 5) is 11.7. The Morgan fingerprint density at radius 3 is 2.58 bits per heavy atom. The van der Waals surface area contributed by atoms with Crippen molar-refractivity contribution in [3.63, 3.8) is 0 Å². The van der Waals surface area contributed by atoms with Gasteiger partial charge in [-0.25, -0.2) is 0 Å². The molecule has 1 aromatic rings. The smallest absolute Gasteiger partial charge is 0.258 e. The Hall–Kier alpha value is -1.51. The third-order valence-electron chi connectivity index (χ3n) is 3.26. The van der Waals surface area contributed by atoms with Crippen molar-refractivity contribution in [2.75, 3.05) is 6.61 Å². The molecule has 1 atom stereocenters. The van der Waals surface area contributed by atoms with Crippen LogP contribution in [-0.4, -0.2) is 18.6 Å². The molecule has 1 N–H and O–H groups in total. The third-order valence-corrected chi connectivity index (χ3v) is 3.26. The van der Waals surface area contributed by atoms with Crippen molar-refractivity contribution in [1.29, 1.82) is 0 Å². The Morgan fingerprint density at radius 1 is 1.32 bits per heavy atom. The van der Waals surface area contributed by atoms with Gasteiger partial charge in [0.1, 0.15) is 5.75 Å². The lowest BCUT2D eigenvalue weighted by molar-refractivity contribution is -0.123. The number of ether oxygens (including phenoxy) is 1. The van der Waals surface area contributed by atoms with Crippen LogP contribution in [0.1, 0.15) is 51.2 Å². The highest BCUT2D eigenvalue weighted by Gasteiger charge is 2.09. The van der Waals surface area contributed by atoms with Crippen LogP contribution in [0.25, 0.3) is 0 Å². The van der Waals surface area contributed by atoms with E-state index in [1.807, 2.05) is 32.9 Å². The van der Waals surface area contributed by atoms with Crippen LogP contribution in [0.15, 0.2) is 18.2 Å². The minimum Gasteiger partial charge on any atom is -0.483 e. The number of nitrogens with one attached hydrogen (secondary N) is 1. The van der Waals surface area contributed by atoms with Crippen molar-refractivity contribution in [2.45, 2.75) is 53.0 Å². The van der Waals surface area contributed by atoms with Gasteiger partial charge in [0.25, 0.3) is 5.91 Å². The maximum absolute atomic E-state index is 11.7. The lowest BCUT2D eigenvalue weighted by Gasteiger charge is -2.14. The van der Waals surface area contributed by atoms with Crippen LogP contribution >= 0.6 is 0 Å². The molecule has 0 unspecified atom stereocenters. The van der Waals surface area contributed by atoms with Gasteiger partial charge in [0.2, 0.25) is 0 Å². The number of hydrogen-bond acceptors (Lipinski definition) is 2. The van der Waals surface area contributed by atoms with Crippen molar-refractivity contribution >= 4 is 5.91 Å². The fourth-order valence-corrected chi connectivity index (χ4v) is 1.69. The maximum atomic E-state index is 11.7. The highest BCUT2D eigenvalue weighted by atomic mass is 16.5. The molecule has 0 heterocycles. The van der Waals surface area contributed by atoms with Crippen molar-refractivity contribution in [2.24, 2.45) is 0 Å². The molecule has 0 aromatic heterocycles. The summed E-state index contributed by atoms with van der Waals surface area (Å²) < 4.78 is 5.62. The first-order valence-electron chi connectivity index (χ1n) is 6.96. The van der Waals surface area contributed by atoms with Crippen LogP contribution in [0.5, 0.6) is 5.75 Å². The molecule has 0 bridgehead atoms. The van der Waals surface area contributed by atoms with Crippen LogP contribution in [-0.2, 0) is 4.79 Å². The molecule has 3 heteroatoms. The zero-order valence-electron chi connectivity index (χ0n) is 12.6. The lowest BCUT2D eigenvalue weighted by atomic mass is 10.0. The molecule has 106 valence electrons. The van der Waals surface area contributed by atoms with Gasteiger partial charge in [-0.05, 0) is 43.4 Å². The first-order chi connectivity index (χ1) is 8.93. The fourth-order valence-electron chi connectivity index (χ4n) is 1.69. The van der Waals surface area contributed by atoms with E-state index >= 15 is 0 Å². The summed E-state index contributed by atoms with van der Waals surface area (Å²) >= 11 is 0. The predicted octanol–water partition coefficient (Wildman–Crippen LogP) is 3.41. The number of hydrogen-bond donors (Lipinski definition) is 1. The van der Waals surface area contributed by atoms with E-state index in [4.69, 9.17) is 4.74 Å². The molecule has 0 aliphatic rings. The van der Waals surface area contributed by atoms with E-state index in [9.17, 15) is 4.79 Å². The van der Waals surface area contributed by atoms with Crippen LogP contribution < -0.4 is 10.1 Å². The lowest BCUT2D eigenvalue weighted by Crippen LogP contribution is -2.35. The van der Waals surface area contributed by atoms with E-state index in [1.54, 1.807) is 0 Å². The molecule has 3 nitrogen and oxygen atoms in total. The van der Waals surface area contributed by atoms with Gasteiger partial charge < -0.3 is 10.1 Å². The van der Waals surface area contributed by atoms with Crippen LogP contribution in [0.3, 0.4) is 0 Å². The number of aryl methyl sites for hydroxylation is 1. The average Bonchev–Trinajstić information content (AvgIpc) is 2.37. The first-order valence-corrected chi connectivity index (χ1v) is 6.96. The average molecular weight is 263 g/mol. The van der Waals surface area contributed by atoms with Crippen LogP contribution in [0, 0.1) is 6.92 Å². The van der Waals surface area contributed by atoms with E-state index in [0.717, 1.165) is 17.7 Å². The molecular formula is C16H25NO2. The number of amides is 1. The van der Waals surface area contributed by atoms with Gasteiger partial charge >= 0.3 is 0 Å².